The Morgan fingerprint density at radius 1 is 1.26 bits per heavy atom. The van der Waals surface area contributed by atoms with E-state index >= 15 is 0 Å². The Labute approximate surface area is 120 Å². The van der Waals surface area contributed by atoms with Gasteiger partial charge in [0.15, 0.2) is 0 Å². The zero-order valence-corrected chi connectivity index (χ0v) is 13.0. The number of thioether (sulfide) groups is 1. The molecule has 1 rings (SSSR count). The van der Waals surface area contributed by atoms with Crippen LogP contribution in [-0.2, 0) is 0 Å². The monoisotopic (exact) mass is 283 g/mol. The summed E-state index contributed by atoms with van der Waals surface area (Å²) in [4.78, 5) is 0. The third-order valence-electron chi connectivity index (χ3n) is 3.35. The largest absolute Gasteiger partial charge is 0.497 e. The Balaban J connectivity index is 2.89. The van der Waals surface area contributed by atoms with E-state index in [1.807, 2.05) is 26.0 Å². The van der Waals surface area contributed by atoms with Crippen LogP contribution in [0.4, 0.5) is 0 Å². The lowest BCUT2D eigenvalue weighted by molar-refractivity contribution is 0.196. The third kappa shape index (κ3) is 4.71. The number of aliphatic hydroxyl groups excluding tert-OH is 1. The van der Waals surface area contributed by atoms with E-state index in [9.17, 15) is 5.11 Å². The van der Waals surface area contributed by atoms with E-state index in [0.717, 1.165) is 12.2 Å². The fourth-order valence-electron chi connectivity index (χ4n) is 1.78. The van der Waals surface area contributed by atoms with Crippen LogP contribution in [0.1, 0.15) is 38.0 Å². The molecule has 19 heavy (non-hydrogen) atoms. The molecule has 0 aliphatic heterocycles. The Morgan fingerprint density at radius 3 is 2.26 bits per heavy atom. The van der Waals surface area contributed by atoms with Crippen molar-refractivity contribution >= 4 is 11.8 Å². The molecule has 0 aliphatic rings. The molecule has 0 bridgehead atoms. The maximum Gasteiger partial charge on any atom is 0.118 e. The average Bonchev–Trinajstić information content (AvgIpc) is 2.43. The Morgan fingerprint density at radius 2 is 1.84 bits per heavy atom. The van der Waals surface area contributed by atoms with Crippen molar-refractivity contribution < 1.29 is 9.84 Å². The summed E-state index contributed by atoms with van der Waals surface area (Å²) in [6.07, 6.45) is 0.575. The second-order valence-electron chi connectivity index (χ2n) is 4.85. The molecule has 4 heteroatoms. The second-order valence-corrected chi connectivity index (χ2v) is 6.37. The van der Waals surface area contributed by atoms with E-state index < -0.39 is 0 Å². The zero-order chi connectivity index (χ0) is 14.4. The van der Waals surface area contributed by atoms with Crippen molar-refractivity contribution in [1.29, 1.82) is 0 Å². The Kier molecular flexibility index (Phi) is 6.69. The molecule has 1 aromatic rings. The first-order chi connectivity index (χ1) is 8.99. The van der Waals surface area contributed by atoms with Crippen LogP contribution in [0.3, 0.4) is 0 Å². The summed E-state index contributed by atoms with van der Waals surface area (Å²) in [5, 5.41) is 10.0. The Bertz CT molecular complexity index is 367. The van der Waals surface area contributed by atoms with Gasteiger partial charge in [-0.1, -0.05) is 26.0 Å². The molecule has 0 saturated heterocycles. The number of hydrogen-bond acceptors (Lipinski definition) is 4. The molecule has 0 spiro atoms. The van der Waals surface area contributed by atoms with Crippen LogP contribution in [-0.4, -0.2) is 29.6 Å². The van der Waals surface area contributed by atoms with Gasteiger partial charge >= 0.3 is 0 Å². The summed E-state index contributed by atoms with van der Waals surface area (Å²) in [7, 11) is 1.66. The molecule has 0 saturated carbocycles. The number of aliphatic hydroxyl groups is 1. The van der Waals surface area contributed by atoms with Gasteiger partial charge in [-0.25, -0.2) is 0 Å². The lowest BCUT2D eigenvalue weighted by Crippen LogP contribution is -2.28. The lowest BCUT2D eigenvalue weighted by atomic mass is 10.0. The fraction of sp³-hybridized carbons (Fsp3) is 0.600. The fourth-order valence-corrected chi connectivity index (χ4v) is 3.18. The van der Waals surface area contributed by atoms with E-state index in [4.69, 9.17) is 10.5 Å². The molecule has 3 nitrogen and oxygen atoms in total. The highest BCUT2D eigenvalue weighted by Crippen LogP contribution is 2.37. The first-order valence-electron chi connectivity index (χ1n) is 6.72. The van der Waals surface area contributed by atoms with E-state index in [1.165, 1.54) is 5.56 Å². The molecule has 0 aromatic heterocycles. The van der Waals surface area contributed by atoms with Crippen LogP contribution in [0.25, 0.3) is 0 Å². The molecule has 4 atom stereocenters. The molecular weight excluding hydrogens is 258 g/mol. The number of methoxy groups -OCH3 is 1. The summed E-state index contributed by atoms with van der Waals surface area (Å²) >= 11 is 1.74. The number of rotatable bonds is 7. The highest BCUT2D eigenvalue weighted by atomic mass is 32.2. The van der Waals surface area contributed by atoms with Gasteiger partial charge < -0.3 is 15.6 Å². The van der Waals surface area contributed by atoms with Crippen LogP contribution in [0.5, 0.6) is 5.75 Å². The van der Waals surface area contributed by atoms with E-state index in [1.54, 1.807) is 18.9 Å². The maximum atomic E-state index is 9.67. The summed E-state index contributed by atoms with van der Waals surface area (Å²) < 4.78 is 5.18. The van der Waals surface area contributed by atoms with Crippen LogP contribution in [0, 0.1) is 0 Å². The van der Waals surface area contributed by atoms with Gasteiger partial charge in [0.05, 0.1) is 13.2 Å². The lowest BCUT2D eigenvalue weighted by Gasteiger charge is -2.27. The summed E-state index contributed by atoms with van der Waals surface area (Å²) in [6, 6.07) is 8.11. The minimum atomic E-state index is -0.338. The molecular formula is C15H25NO2S. The van der Waals surface area contributed by atoms with Crippen molar-refractivity contribution in [3.05, 3.63) is 29.8 Å². The molecule has 0 fully saturated rings. The quantitative estimate of drug-likeness (QED) is 0.808. The average molecular weight is 283 g/mol. The van der Waals surface area contributed by atoms with Crippen molar-refractivity contribution in [2.24, 2.45) is 5.73 Å². The Hall–Kier alpha value is -0.710. The second kappa shape index (κ2) is 7.78. The zero-order valence-electron chi connectivity index (χ0n) is 12.2. The summed E-state index contributed by atoms with van der Waals surface area (Å²) in [5.41, 5.74) is 7.42. The van der Waals surface area contributed by atoms with Gasteiger partial charge in [0.2, 0.25) is 0 Å². The van der Waals surface area contributed by atoms with Crippen molar-refractivity contribution in [3.63, 3.8) is 0 Å². The highest BCUT2D eigenvalue weighted by Gasteiger charge is 2.23. The standard InChI is InChI=1S/C15H25NO2S/c1-5-14(16)15(19-11(3)10(2)17)12-6-8-13(18-4)9-7-12/h6-11,14-15,17H,5,16H2,1-4H3. The van der Waals surface area contributed by atoms with Crippen molar-refractivity contribution in [2.75, 3.05) is 7.11 Å². The first kappa shape index (κ1) is 16.3. The van der Waals surface area contributed by atoms with Crippen LogP contribution < -0.4 is 10.5 Å². The van der Waals surface area contributed by atoms with Crippen molar-refractivity contribution in [3.8, 4) is 5.75 Å². The molecule has 0 heterocycles. The molecule has 0 aliphatic carbocycles. The molecule has 0 amide bonds. The van der Waals surface area contributed by atoms with E-state index in [2.05, 4.69) is 19.1 Å². The molecule has 1 aromatic carbocycles. The number of nitrogens with two attached hydrogens (primary N) is 1. The molecule has 4 unspecified atom stereocenters. The minimum absolute atomic E-state index is 0.0830. The molecule has 108 valence electrons. The smallest absolute Gasteiger partial charge is 0.118 e. The summed E-state index contributed by atoms with van der Waals surface area (Å²) in [5.74, 6) is 0.848. The summed E-state index contributed by atoms with van der Waals surface area (Å²) in [6.45, 7) is 5.95. The topological polar surface area (TPSA) is 55.5 Å². The van der Waals surface area contributed by atoms with Gasteiger partial charge in [-0.15, -0.1) is 11.8 Å². The minimum Gasteiger partial charge on any atom is -0.497 e. The van der Waals surface area contributed by atoms with E-state index in [0.29, 0.717) is 0 Å². The first-order valence-corrected chi connectivity index (χ1v) is 7.66. The van der Waals surface area contributed by atoms with Crippen molar-refractivity contribution in [1.82, 2.24) is 0 Å². The van der Waals surface area contributed by atoms with Gasteiger partial charge in [-0.05, 0) is 31.0 Å². The van der Waals surface area contributed by atoms with E-state index in [-0.39, 0.29) is 22.6 Å². The maximum absolute atomic E-state index is 9.67. The van der Waals surface area contributed by atoms with Crippen LogP contribution in [0.2, 0.25) is 0 Å². The predicted molar refractivity (Wildman–Crippen MR) is 82.7 cm³/mol. The van der Waals surface area contributed by atoms with Gasteiger partial charge in [-0.3, -0.25) is 0 Å². The third-order valence-corrected chi connectivity index (χ3v) is 5.08. The van der Waals surface area contributed by atoms with Gasteiger partial charge in [0.1, 0.15) is 5.75 Å². The van der Waals surface area contributed by atoms with Gasteiger partial charge in [-0.2, -0.15) is 0 Å². The molecule has 3 N–H and O–H groups in total. The predicted octanol–water partition coefficient (Wildman–Crippen LogP) is 2.98. The van der Waals surface area contributed by atoms with Crippen LogP contribution in [0.15, 0.2) is 24.3 Å². The van der Waals surface area contributed by atoms with Gasteiger partial charge in [0.25, 0.3) is 0 Å². The van der Waals surface area contributed by atoms with Gasteiger partial charge in [0, 0.05) is 16.5 Å². The number of benzene rings is 1. The van der Waals surface area contributed by atoms with Crippen molar-refractivity contribution in [2.45, 2.75) is 49.8 Å². The highest BCUT2D eigenvalue weighted by molar-refractivity contribution is 8.00. The SMILES string of the molecule is CCC(N)C(SC(C)C(C)O)c1ccc(OC)cc1. The normalized spacial score (nSPS) is 17.6. The molecule has 0 radical (unpaired) electrons. The number of ether oxygens (including phenoxy) is 1. The van der Waals surface area contributed by atoms with Crippen LogP contribution >= 0.6 is 11.8 Å². The number of hydrogen-bond donors (Lipinski definition) is 2.